The molecule has 5 rings (SSSR count). The third kappa shape index (κ3) is 5.96. The van der Waals surface area contributed by atoms with Crippen molar-refractivity contribution in [3.63, 3.8) is 0 Å². The molecule has 6 heteroatoms. The third-order valence-electron chi connectivity index (χ3n) is 7.45. The minimum atomic E-state index is -0.303. The number of rotatable bonds is 11. The Hall–Kier alpha value is -3.93. The van der Waals surface area contributed by atoms with Crippen LogP contribution in [-0.4, -0.2) is 45.7 Å². The van der Waals surface area contributed by atoms with Crippen LogP contribution in [0.5, 0.6) is 0 Å². The zero-order valence-corrected chi connectivity index (χ0v) is 21.8. The Bertz CT molecular complexity index is 1380. The molecular formula is C32H34FN3O2. The van der Waals surface area contributed by atoms with Crippen molar-refractivity contribution in [2.75, 3.05) is 13.1 Å². The lowest BCUT2D eigenvalue weighted by atomic mass is 9.95. The van der Waals surface area contributed by atoms with Crippen molar-refractivity contribution in [2.45, 2.75) is 51.1 Å². The standard InChI is InChI=1S/C32H34FN3O2/c1-2-28(24-8-4-3-5-9-24)32(38)36(27-16-17-27)22-31(37)35(21-23-12-14-26(33)15-13-23)19-18-25-20-34-30-11-7-6-10-29(25)30/h3-15,20,27-28,34H,2,16-19,21-22H2,1H3. The maximum atomic E-state index is 13.8. The Balaban J connectivity index is 1.35. The molecule has 1 aliphatic rings. The summed E-state index contributed by atoms with van der Waals surface area (Å²) in [4.78, 5) is 34.4. The van der Waals surface area contributed by atoms with Crippen LogP contribution >= 0.6 is 0 Å². The van der Waals surface area contributed by atoms with Crippen molar-refractivity contribution in [1.29, 1.82) is 0 Å². The van der Waals surface area contributed by atoms with Gasteiger partial charge in [-0.05, 0) is 60.6 Å². The van der Waals surface area contributed by atoms with Gasteiger partial charge >= 0.3 is 0 Å². The van der Waals surface area contributed by atoms with E-state index in [4.69, 9.17) is 0 Å². The highest BCUT2D eigenvalue weighted by Crippen LogP contribution is 2.32. The van der Waals surface area contributed by atoms with Crippen molar-refractivity contribution in [3.05, 3.63) is 108 Å². The Morgan fingerprint density at radius 3 is 2.39 bits per heavy atom. The summed E-state index contributed by atoms with van der Waals surface area (Å²) in [5.74, 6) is -0.631. The van der Waals surface area contributed by atoms with Gasteiger partial charge in [-0.2, -0.15) is 0 Å². The highest BCUT2D eigenvalue weighted by atomic mass is 19.1. The second-order valence-corrected chi connectivity index (χ2v) is 10.1. The molecule has 1 aromatic heterocycles. The van der Waals surface area contributed by atoms with Crippen molar-refractivity contribution < 1.29 is 14.0 Å². The predicted octanol–water partition coefficient (Wildman–Crippen LogP) is 6.06. The van der Waals surface area contributed by atoms with Gasteiger partial charge < -0.3 is 14.8 Å². The Morgan fingerprint density at radius 1 is 0.974 bits per heavy atom. The molecular weight excluding hydrogens is 477 g/mol. The van der Waals surface area contributed by atoms with Gasteiger partial charge in [0.2, 0.25) is 11.8 Å². The largest absolute Gasteiger partial charge is 0.361 e. The monoisotopic (exact) mass is 511 g/mol. The average molecular weight is 512 g/mol. The highest BCUT2D eigenvalue weighted by Gasteiger charge is 2.37. The Labute approximate surface area is 223 Å². The number of nitrogens with zero attached hydrogens (tertiary/aromatic N) is 2. The predicted molar refractivity (Wildman–Crippen MR) is 148 cm³/mol. The van der Waals surface area contributed by atoms with Crippen molar-refractivity contribution in [1.82, 2.24) is 14.8 Å². The fourth-order valence-electron chi connectivity index (χ4n) is 5.15. The van der Waals surface area contributed by atoms with Crippen LogP contribution in [0.1, 0.15) is 48.8 Å². The van der Waals surface area contributed by atoms with Crippen molar-refractivity contribution in [3.8, 4) is 0 Å². The van der Waals surface area contributed by atoms with Gasteiger partial charge in [-0.15, -0.1) is 0 Å². The number of carbonyl (C=O) groups is 2. The van der Waals surface area contributed by atoms with Gasteiger partial charge in [0.05, 0.1) is 5.92 Å². The number of aromatic amines is 1. The molecule has 196 valence electrons. The maximum Gasteiger partial charge on any atom is 0.242 e. The first-order chi connectivity index (χ1) is 18.5. The summed E-state index contributed by atoms with van der Waals surface area (Å²) in [5.41, 5.74) is 4.05. The van der Waals surface area contributed by atoms with Gasteiger partial charge in [0.15, 0.2) is 0 Å². The molecule has 1 aliphatic carbocycles. The number of halogens is 1. The second-order valence-electron chi connectivity index (χ2n) is 10.1. The lowest BCUT2D eigenvalue weighted by Crippen LogP contribution is -2.45. The Kier molecular flexibility index (Phi) is 7.87. The van der Waals surface area contributed by atoms with Crippen LogP contribution in [0, 0.1) is 5.82 Å². The minimum absolute atomic E-state index is 0.0212. The molecule has 1 saturated carbocycles. The second kappa shape index (κ2) is 11.6. The lowest BCUT2D eigenvalue weighted by molar-refractivity contribution is -0.142. The highest BCUT2D eigenvalue weighted by molar-refractivity contribution is 5.89. The maximum absolute atomic E-state index is 13.8. The van der Waals surface area contributed by atoms with Gasteiger partial charge in [-0.3, -0.25) is 9.59 Å². The van der Waals surface area contributed by atoms with Crippen LogP contribution in [0.3, 0.4) is 0 Å². The third-order valence-corrected chi connectivity index (χ3v) is 7.45. The van der Waals surface area contributed by atoms with Gasteiger partial charge in [-0.25, -0.2) is 4.39 Å². The van der Waals surface area contributed by atoms with Crippen LogP contribution in [0.25, 0.3) is 10.9 Å². The van der Waals surface area contributed by atoms with E-state index in [1.54, 1.807) is 21.9 Å². The molecule has 3 aromatic carbocycles. The summed E-state index contributed by atoms with van der Waals surface area (Å²) >= 11 is 0. The van der Waals surface area contributed by atoms with Gasteiger partial charge in [0, 0.05) is 36.2 Å². The molecule has 1 heterocycles. The van der Waals surface area contributed by atoms with Crippen LogP contribution < -0.4 is 0 Å². The Morgan fingerprint density at radius 2 is 1.68 bits per heavy atom. The lowest BCUT2D eigenvalue weighted by Gasteiger charge is -2.30. The number of nitrogens with one attached hydrogen (secondary N) is 1. The molecule has 1 N–H and O–H groups in total. The summed E-state index contributed by atoms with van der Waals surface area (Å²) in [7, 11) is 0. The summed E-state index contributed by atoms with van der Waals surface area (Å²) in [6.07, 6.45) is 5.21. The van der Waals surface area contributed by atoms with Gasteiger partial charge in [0.1, 0.15) is 12.4 Å². The molecule has 1 fully saturated rings. The van der Waals surface area contributed by atoms with Crippen molar-refractivity contribution in [2.24, 2.45) is 0 Å². The first kappa shape index (κ1) is 25.7. The summed E-state index contributed by atoms with van der Waals surface area (Å²) in [6.45, 7) is 2.94. The van der Waals surface area contributed by atoms with Crippen LogP contribution in [-0.2, 0) is 22.6 Å². The summed E-state index contributed by atoms with van der Waals surface area (Å²) < 4.78 is 13.5. The van der Waals surface area contributed by atoms with E-state index in [-0.39, 0.29) is 36.1 Å². The molecule has 0 aliphatic heterocycles. The van der Waals surface area contributed by atoms with E-state index in [0.29, 0.717) is 25.9 Å². The quantitative estimate of drug-likeness (QED) is 0.266. The number of H-pyrrole nitrogens is 1. The molecule has 0 saturated heterocycles. The smallest absolute Gasteiger partial charge is 0.242 e. The zero-order valence-electron chi connectivity index (χ0n) is 21.8. The first-order valence-electron chi connectivity index (χ1n) is 13.5. The number of aromatic nitrogens is 1. The van der Waals surface area contributed by atoms with E-state index in [0.717, 1.165) is 40.4 Å². The van der Waals surface area contributed by atoms with E-state index >= 15 is 0 Å². The normalized spacial score (nSPS) is 13.8. The van der Waals surface area contributed by atoms with E-state index in [9.17, 15) is 14.0 Å². The SMILES string of the molecule is CCC(C(=O)N(CC(=O)N(CCc1c[nH]c2ccccc12)Cc1ccc(F)cc1)C1CC1)c1ccccc1. The van der Waals surface area contributed by atoms with Gasteiger partial charge in [0.25, 0.3) is 0 Å². The number of hydrogen-bond donors (Lipinski definition) is 1. The fraction of sp³-hybridized carbons (Fsp3) is 0.312. The molecule has 5 nitrogen and oxygen atoms in total. The number of carbonyl (C=O) groups excluding carboxylic acids is 2. The van der Waals surface area contributed by atoms with Crippen molar-refractivity contribution >= 4 is 22.7 Å². The molecule has 0 radical (unpaired) electrons. The molecule has 0 spiro atoms. The van der Waals surface area contributed by atoms with Crippen LogP contribution in [0.15, 0.2) is 85.1 Å². The van der Waals surface area contributed by atoms with Gasteiger partial charge in [-0.1, -0.05) is 67.6 Å². The minimum Gasteiger partial charge on any atom is -0.361 e. The molecule has 2 amide bonds. The topological polar surface area (TPSA) is 56.4 Å². The van der Waals surface area contributed by atoms with E-state index < -0.39 is 0 Å². The average Bonchev–Trinajstić information content (AvgIpc) is 3.71. The number of hydrogen-bond acceptors (Lipinski definition) is 2. The molecule has 4 aromatic rings. The van der Waals surface area contributed by atoms with Crippen LogP contribution in [0.4, 0.5) is 4.39 Å². The van der Waals surface area contributed by atoms with E-state index in [1.165, 1.54) is 12.1 Å². The fourth-order valence-corrected chi connectivity index (χ4v) is 5.15. The van der Waals surface area contributed by atoms with Crippen LogP contribution in [0.2, 0.25) is 0 Å². The summed E-state index contributed by atoms with van der Waals surface area (Å²) in [5, 5.41) is 1.14. The number of amides is 2. The number of fused-ring (bicyclic) bond motifs is 1. The molecule has 0 bridgehead atoms. The summed E-state index contributed by atoms with van der Waals surface area (Å²) in [6, 6.07) is 24.3. The first-order valence-corrected chi connectivity index (χ1v) is 13.5. The van der Waals surface area contributed by atoms with E-state index in [2.05, 4.69) is 11.1 Å². The number of benzene rings is 3. The van der Waals surface area contributed by atoms with E-state index in [1.807, 2.05) is 61.7 Å². The zero-order chi connectivity index (χ0) is 26.5. The molecule has 38 heavy (non-hydrogen) atoms. The molecule has 1 unspecified atom stereocenters. The molecule has 1 atom stereocenters. The number of para-hydroxylation sites is 1.